The zero-order valence-corrected chi connectivity index (χ0v) is 12.4. The number of nitrogens with one attached hydrogen (secondary N) is 2. The van der Waals surface area contributed by atoms with Gasteiger partial charge in [0, 0.05) is 23.8 Å². The van der Waals surface area contributed by atoms with Crippen LogP contribution in [0.4, 0.5) is 5.82 Å². The van der Waals surface area contributed by atoms with E-state index in [-0.39, 0.29) is 10.7 Å². The maximum atomic E-state index is 12.3. The molecule has 1 aliphatic rings. The van der Waals surface area contributed by atoms with E-state index in [4.69, 9.17) is 10.6 Å². The number of hydrogen-bond acceptors (Lipinski definition) is 7. The fourth-order valence-corrected chi connectivity index (χ4v) is 3.36. The number of hydrogen-bond donors (Lipinski definition) is 3. The highest BCUT2D eigenvalue weighted by atomic mass is 79.9. The van der Waals surface area contributed by atoms with Crippen LogP contribution in [0.2, 0.25) is 0 Å². The molecule has 0 unspecified atom stereocenters. The van der Waals surface area contributed by atoms with E-state index in [1.807, 2.05) is 0 Å². The molecule has 1 aromatic rings. The summed E-state index contributed by atoms with van der Waals surface area (Å²) in [5.41, 5.74) is 2.27. The fourth-order valence-electron chi connectivity index (χ4n) is 1.61. The maximum absolute atomic E-state index is 12.3. The Morgan fingerprint density at radius 2 is 2.11 bits per heavy atom. The van der Waals surface area contributed by atoms with Gasteiger partial charge in [-0.25, -0.2) is 24.3 Å². The van der Waals surface area contributed by atoms with Gasteiger partial charge in [0.2, 0.25) is 0 Å². The molecule has 2 heterocycles. The summed E-state index contributed by atoms with van der Waals surface area (Å²) < 4.78 is 30.3. The number of nitrogens with two attached hydrogens (primary N) is 1. The molecule has 1 aromatic heterocycles. The average molecular weight is 352 g/mol. The molecule has 0 amide bonds. The number of aromatic nitrogens is 1. The smallest absolute Gasteiger partial charge is 0.257 e. The predicted molar refractivity (Wildman–Crippen MR) is 72.5 cm³/mol. The molecule has 1 aliphatic heterocycles. The number of rotatable bonds is 4. The van der Waals surface area contributed by atoms with E-state index in [0.29, 0.717) is 30.8 Å². The van der Waals surface area contributed by atoms with Gasteiger partial charge >= 0.3 is 0 Å². The van der Waals surface area contributed by atoms with E-state index in [9.17, 15) is 8.42 Å². The average Bonchev–Trinajstić information content (AvgIpc) is 2.39. The first-order valence-electron chi connectivity index (χ1n) is 5.50. The molecule has 1 saturated heterocycles. The van der Waals surface area contributed by atoms with Gasteiger partial charge in [-0.2, -0.15) is 0 Å². The summed E-state index contributed by atoms with van der Waals surface area (Å²) in [5, 5.41) is 1.58. The highest BCUT2D eigenvalue weighted by molar-refractivity contribution is 9.10. The lowest BCUT2D eigenvalue weighted by atomic mass is 10.5. The van der Waals surface area contributed by atoms with E-state index in [1.165, 1.54) is 12.3 Å². The molecule has 0 spiro atoms. The lowest BCUT2D eigenvalue weighted by molar-refractivity contribution is 0.0272. The third-order valence-electron chi connectivity index (χ3n) is 2.51. The summed E-state index contributed by atoms with van der Waals surface area (Å²) in [5.74, 6) is 5.36. The number of sulfonamides is 1. The lowest BCUT2D eigenvalue weighted by Crippen LogP contribution is -2.48. The van der Waals surface area contributed by atoms with E-state index >= 15 is 0 Å². The first-order chi connectivity index (χ1) is 9.03. The Hall–Kier alpha value is -0.780. The quantitative estimate of drug-likeness (QED) is 0.502. The van der Waals surface area contributed by atoms with E-state index in [2.05, 4.69) is 31.2 Å². The summed E-state index contributed by atoms with van der Waals surface area (Å²) in [6.07, 6.45) is 1.46. The van der Waals surface area contributed by atoms with Gasteiger partial charge < -0.3 is 10.2 Å². The largest absolute Gasteiger partial charge is 0.379 e. The van der Waals surface area contributed by atoms with Crippen molar-refractivity contribution in [1.82, 2.24) is 14.8 Å². The highest BCUT2D eigenvalue weighted by Gasteiger charge is 2.24. The van der Waals surface area contributed by atoms with Gasteiger partial charge in [-0.05, 0) is 22.0 Å². The van der Waals surface area contributed by atoms with Crippen molar-refractivity contribution >= 4 is 31.8 Å². The predicted octanol–water partition coefficient (Wildman–Crippen LogP) is -0.345. The summed E-state index contributed by atoms with van der Waals surface area (Å²) >= 11 is 3.19. The lowest BCUT2D eigenvalue weighted by Gasteiger charge is -2.26. The molecule has 2 rings (SSSR count). The normalized spacial score (nSPS) is 17.4. The van der Waals surface area contributed by atoms with Crippen LogP contribution < -0.4 is 16.1 Å². The third-order valence-corrected chi connectivity index (χ3v) is 4.33. The molecule has 0 aliphatic carbocycles. The van der Waals surface area contributed by atoms with Crippen molar-refractivity contribution in [2.45, 2.75) is 4.90 Å². The van der Waals surface area contributed by atoms with Crippen molar-refractivity contribution in [1.29, 1.82) is 0 Å². The van der Waals surface area contributed by atoms with Gasteiger partial charge in [0.05, 0.1) is 13.2 Å². The Morgan fingerprint density at radius 3 is 2.74 bits per heavy atom. The summed E-state index contributed by atoms with van der Waals surface area (Å²) in [6.45, 7) is 1.96. The Kier molecular flexibility index (Phi) is 4.71. The molecule has 0 atom stereocenters. The van der Waals surface area contributed by atoms with Crippen molar-refractivity contribution in [3.05, 3.63) is 16.7 Å². The van der Waals surface area contributed by atoms with Crippen LogP contribution in [0.5, 0.6) is 0 Å². The molecule has 0 saturated carbocycles. The molecule has 4 N–H and O–H groups in total. The minimum absolute atomic E-state index is 0.0177. The monoisotopic (exact) mass is 351 g/mol. The van der Waals surface area contributed by atoms with Crippen molar-refractivity contribution < 1.29 is 13.2 Å². The number of nitrogens with zero attached hydrogens (tertiary/aromatic N) is 2. The van der Waals surface area contributed by atoms with Crippen molar-refractivity contribution in [3.63, 3.8) is 0 Å². The van der Waals surface area contributed by atoms with Crippen LogP contribution in [-0.2, 0) is 14.8 Å². The van der Waals surface area contributed by atoms with E-state index in [1.54, 1.807) is 5.01 Å². The molecule has 106 valence electrons. The van der Waals surface area contributed by atoms with Crippen LogP contribution in [0.3, 0.4) is 0 Å². The van der Waals surface area contributed by atoms with Crippen LogP contribution >= 0.6 is 15.9 Å². The molecular weight excluding hydrogens is 338 g/mol. The van der Waals surface area contributed by atoms with Crippen molar-refractivity contribution in [2.75, 3.05) is 31.7 Å². The molecule has 19 heavy (non-hydrogen) atoms. The first kappa shape index (κ1) is 14.6. The van der Waals surface area contributed by atoms with E-state index in [0.717, 1.165) is 0 Å². The van der Waals surface area contributed by atoms with Gasteiger partial charge in [-0.1, -0.05) is 0 Å². The van der Waals surface area contributed by atoms with Crippen LogP contribution in [0.1, 0.15) is 0 Å². The Balaban J connectivity index is 2.25. The molecule has 1 fully saturated rings. The second-order valence-corrected chi connectivity index (χ2v) is 6.38. The standard InChI is InChI=1S/C9H14BrN5O3S/c10-7-5-8(9(13-11)12-6-7)19(16,17)14-15-1-3-18-4-2-15/h5-6,14H,1-4,11H2,(H,12,13). The van der Waals surface area contributed by atoms with Gasteiger partial charge in [0.25, 0.3) is 10.0 Å². The zero-order chi connectivity index (χ0) is 13.9. The topological polar surface area (TPSA) is 110 Å². The minimum Gasteiger partial charge on any atom is -0.379 e. The third kappa shape index (κ3) is 3.61. The Morgan fingerprint density at radius 1 is 1.42 bits per heavy atom. The number of hydrazine groups is 2. The fraction of sp³-hybridized carbons (Fsp3) is 0.444. The second-order valence-electron chi connectivity index (χ2n) is 3.84. The first-order valence-corrected chi connectivity index (χ1v) is 7.78. The summed E-state index contributed by atoms with van der Waals surface area (Å²) in [6, 6.07) is 1.44. The van der Waals surface area contributed by atoms with Gasteiger partial charge in [-0.3, -0.25) is 0 Å². The van der Waals surface area contributed by atoms with Gasteiger partial charge in [0.15, 0.2) is 5.82 Å². The number of halogens is 1. The number of anilines is 1. The Labute approximate surface area is 119 Å². The number of ether oxygens (including phenoxy) is 1. The minimum atomic E-state index is -3.74. The number of nitrogen functional groups attached to an aromatic ring is 1. The Bertz CT molecular complexity index is 547. The molecule has 0 bridgehead atoms. The van der Waals surface area contributed by atoms with Crippen molar-refractivity contribution in [2.24, 2.45) is 5.84 Å². The molecular formula is C9H14BrN5O3S. The van der Waals surface area contributed by atoms with Crippen LogP contribution in [0.25, 0.3) is 0 Å². The molecule has 10 heteroatoms. The van der Waals surface area contributed by atoms with Gasteiger partial charge in [0.1, 0.15) is 4.90 Å². The van der Waals surface area contributed by atoms with Crippen molar-refractivity contribution in [3.8, 4) is 0 Å². The number of morpholine rings is 1. The van der Waals surface area contributed by atoms with E-state index < -0.39 is 10.0 Å². The summed E-state index contributed by atoms with van der Waals surface area (Å²) in [4.78, 5) is 6.38. The maximum Gasteiger partial charge on any atom is 0.257 e. The van der Waals surface area contributed by atoms with Crippen LogP contribution in [0, 0.1) is 0 Å². The molecule has 8 nitrogen and oxygen atoms in total. The number of pyridine rings is 1. The van der Waals surface area contributed by atoms with Crippen LogP contribution in [-0.4, -0.2) is 44.7 Å². The zero-order valence-electron chi connectivity index (χ0n) is 9.97. The molecule has 0 aromatic carbocycles. The SMILES string of the molecule is NNc1ncc(Br)cc1S(=O)(=O)NN1CCOCC1. The summed E-state index contributed by atoms with van der Waals surface area (Å²) in [7, 11) is -3.74. The van der Waals surface area contributed by atoms with Gasteiger partial charge in [-0.15, -0.1) is 4.83 Å². The second kappa shape index (κ2) is 6.11. The van der Waals surface area contributed by atoms with Crippen LogP contribution in [0.15, 0.2) is 21.6 Å². The molecule has 0 radical (unpaired) electrons. The highest BCUT2D eigenvalue weighted by Crippen LogP contribution is 2.22.